The third-order valence-electron chi connectivity index (χ3n) is 3.70. The van der Waals surface area contributed by atoms with Gasteiger partial charge in [-0.2, -0.15) is 0 Å². The number of aromatic nitrogens is 1. The van der Waals surface area contributed by atoms with Crippen LogP contribution in [0.1, 0.15) is 28.8 Å². The van der Waals surface area contributed by atoms with Gasteiger partial charge in [-0.25, -0.2) is 0 Å². The first kappa shape index (κ1) is 13.5. The van der Waals surface area contributed by atoms with Crippen molar-refractivity contribution in [2.75, 3.05) is 0 Å². The maximum absolute atomic E-state index is 12.4. The van der Waals surface area contributed by atoms with Crippen LogP contribution in [0, 0.1) is 0 Å². The molecule has 0 saturated carbocycles. The van der Waals surface area contributed by atoms with Crippen molar-refractivity contribution in [1.29, 1.82) is 0 Å². The van der Waals surface area contributed by atoms with Gasteiger partial charge in [0, 0.05) is 29.8 Å². The van der Waals surface area contributed by atoms with Crippen LogP contribution in [0.15, 0.2) is 67.0 Å². The van der Waals surface area contributed by atoms with Crippen molar-refractivity contribution in [2.45, 2.75) is 19.3 Å². The lowest BCUT2D eigenvalue weighted by molar-refractivity contribution is 0.0982. The molecular formula is C19H17NO. The molecule has 3 rings (SSSR count). The molecule has 0 spiro atoms. The lowest BCUT2D eigenvalue weighted by Crippen LogP contribution is -2.01. The number of rotatable bonds is 5. The van der Waals surface area contributed by atoms with Gasteiger partial charge in [-0.1, -0.05) is 48.5 Å². The largest absolute Gasteiger partial charge is 0.294 e. The highest BCUT2D eigenvalue weighted by atomic mass is 16.1. The number of hydrogen-bond donors (Lipinski definition) is 0. The van der Waals surface area contributed by atoms with Gasteiger partial charge in [-0.3, -0.25) is 9.78 Å². The monoisotopic (exact) mass is 275 g/mol. The maximum Gasteiger partial charge on any atom is 0.163 e. The first-order valence-electron chi connectivity index (χ1n) is 7.24. The van der Waals surface area contributed by atoms with Crippen molar-refractivity contribution in [3.8, 4) is 0 Å². The molecule has 0 radical (unpaired) electrons. The molecule has 0 aliphatic rings. The number of benzene rings is 2. The van der Waals surface area contributed by atoms with Crippen LogP contribution in [0.3, 0.4) is 0 Å². The van der Waals surface area contributed by atoms with Crippen molar-refractivity contribution in [3.63, 3.8) is 0 Å². The quantitative estimate of drug-likeness (QED) is 0.644. The molecule has 2 aromatic carbocycles. The van der Waals surface area contributed by atoms with E-state index in [-0.39, 0.29) is 5.78 Å². The molecule has 0 bridgehead atoms. The molecular weight excluding hydrogens is 258 g/mol. The number of carbonyl (C=O) groups excluding carboxylic acids is 1. The van der Waals surface area contributed by atoms with Gasteiger partial charge >= 0.3 is 0 Å². The summed E-state index contributed by atoms with van der Waals surface area (Å²) in [5.74, 6) is 0.199. The second-order valence-electron chi connectivity index (χ2n) is 5.16. The molecule has 21 heavy (non-hydrogen) atoms. The topological polar surface area (TPSA) is 30.0 Å². The number of pyridine rings is 1. The molecule has 1 aromatic heterocycles. The summed E-state index contributed by atoms with van der Waals surface area (Å²) in [7, 11) is 0. The van der Waals surface area contributed by atoms with Crippen LogP contribution in [0.2, 0.25) is 0 Å². The van der Waals surface area contributed by atoms with Crippen LogP contribution in [0.4, 0.5) is 0 Å². The van der Waals surface area contributed by atoms with E-state index in [2.05, 4.69) is 17.1 Å². The number of nitrogens with zero attached hydrogens (tertiary/aromatic N) is 1. The van der Waals surface area contributed by atoms with Crippen LogP contribution in [-0.2, 0) is 6.42 Å². The van der Waals surface area contributed by atoms with Crippen molar-refractivity contribution in [1.82, 2.24) is 4.98 Å². The van der Waals surface area contributed by atoms with E-state index in [1.807, 2.05) is 42.5 Å². The smallest absolute Gasteiger partial charge is 0.163 e. The van der Waals surface area contributed by atoms with E-state index in [1.165, 1.54) is 5.56 Å². The van der Waals surface area contributed by atoms with Crippen molar-refractivity contribution in [3.05, 3.63) is 78.1 Å². The molecule has 2 nitrogen and oxygen atoms in total. The van der Waals surface area contributed by atoms with Crippen LogP contribution >= 0.6 is 0 Å². The van der Waals surface area contributed by atoms with Crippen molar-refractivity contribution >= 4 is 16.6 Å². The summed E-state index contributed by atoms with van der Waals surface area (Å²) < 4.78 is 0. The van der Waals surface area contributed by atoms with Gasteiger partial charge in [0.15, 0.2) is 5.78 Å². The highest BCUT2D eigenvalue weighted by molar-refractivity contribution is 6.07. The molecule has 3 aromatic rings. The summed E-state index contributed by atoms with van der Waals surface area (Å²) in [6.07, 6.45) is 5.92. The fourth-order valence-corrected chi connectivity index (χ4v) is 2.59. The average molecular weight is 275 g/mol. The standard InChI is InChI=1S/C19H17NO/c21-19(11-4-8-15-6-2-1-3-7-15)17-10-5-9-16-12-13-20-14-18(16)17/h1-3,5-7,9-10,12-14H,4,8,11H2. The van der Waals surface area contributed by atoms with Crippen molar-refractivity contribution in [2.24, 2.45) is 0 Å². The second kappa shape index (κ2) is 6.31. The molecule has 0 unspecified atom stereocenters. The van der Waals surface area contributed by atoms with Crippen molar-refractivity contribution < 1.29 is 4.79 Å². The Hall–Kier alpha value is -2.48. The molecule has 0 atom stereocenters. The minimum Gasteiger partial charge on any atom is -0.294 e. The third-order valence-corrected chi connectivity index (χ3v) is 3.70. The van der Waals surface area contributed by atoms with Gasteiger partial charge in [0.05, 0.1) is 0 Å². The van der Waals surface area contributed by atoms with Gasteiger partial charge < -0.3 is 0 Å². The normalized spacial score (nSPS) is 10.7. The average Bonchev–Trinajstić information content (AvgIpc) is 2.55. The fourth-order valence-electron chi connectivity index (χ4n) is 2.59. The van der Waals surface area contributed by atoms with Crippen LogP contribution in [0.5, 0.6) is 0 Å². The van der Waals surface area contributed by atoms with E-state index < -0.39 is 0 Å². The van der Waals surface area contributed by atoms with Crippen LogP contribution in [0.25, 0.3) is 10.8 Å². The van der Waals surface area contributed by atoms with Gasteiger partial charge in [-0.15, -0.1) is 0 Å². The number of fused-ring (bicyclic) bond motifs is 1. The third kappa shape index (κ3) is 3.16. The summed E-state index contributed by atoms with van der Waals surface area (Å²) in [6, 6.07) is 18.1. The zero-order chi connectivity index (χ0) is 14.5. The molecule has 0 fully saturated rings. The summed E-state index contributed by atoms with van der Waals surface area (Å²) in [5.41, 5.74) is 2.07. The Balaban J connectivity index is 1.70. The Morgan fingerprint density at radius 2 is 1.81 bits per heavy atom. The number of carbonyl (C=O) groups is 1. The molecule has 0 aliphatic carbocycles. The minimum absolute atomic E-state index is 0.199. The van der Waals surface area contributed by atoms with Gasteiger partial charge in [0.1, 0.15) is 0 Å². The van der Waals surface area contributed by atoms with Gasteiger partial charge in [0.2, 0.25) is 0 Å². The molecule has 0 amide bonds. The number of ketones is 1. The SMILES string of the molecule is O=C(CCCc1ccccc1)c1cccc2ccncc12. The highest BCUT2D eigenvalue weighted by Crippen LogP contribution is 2.19. The number of aryl methyl sites for hydroxylation is 1. The van der Waals surface area contributed by atoms with Crippen LogP contribution in [-0.4, -0.2) is 10.8 Å². The zero-order valence-corrected chi connectivity index (χ0v) is 11.8. The Labute approximate surface area is 124 Å². The molecule has 0 aliphatic heterocycles. The van der Waals surface area contributed by atoms with E-state index in [0.717, 1.165) is 29.2 Å². The molecule has 0 N–H and O–H groups in total. The lowest BCUT2D eigenvalue weighted by atomic mass is 9.99. The van der Waals surface area contributed by atoms with E-state index in [4.69, 9.17) is 0 Å². The summed E-state index contributed by atoms with van der Waals surface area (Å²) >= 11 is 0. The molecule has 104 valence electrons. The van der Waals surface area contributed by atoms with E-state index in [1.54, 1.807) is 12.4 Å². The minimum atomic E-state index is 0.199. The number of Topliss-reactive ketones (excluding diaryl/α,β-unsaturated/α-hetero) is 1. The lowest BCUT2D eigenvalue weighted by Gasteiger charge is -2.05. The predicted octanol–water partition coefficient (Wildman–Crippen LogP) is 4.44. The summed E-state index contributed by atoms with van der Waals surface area (Å²) in [4.78, 5) is 16.6. The first-order chi connectivity index (χ1) is 10.3. The zero-order valence-electron chi connectivity index (χ0n) is 11.8. The highest BCUT2D eigenvalue weighted by Gasteiger charge is 2.09. The summed E-state index contributed by atoms with van der Waals surface area (Å²) in [6.45, 7) is 0. The van der Waals surface area contributed by atoms with E-state index in [0.29, 0.717) is 6.42 Å². The summed E-state index contributed by atoms with van der Waals surface area (Å²) in [5, 5.41) is 2.02. The predicted molar refractivity (Wildman–Crippen MR) is 85.5 cm³/mol. The number of hydrogen-bond acceptors (Lipinski definition) is 2. The molecule has 1 heterocycles. The Kier molecular flexibility index (Phi) is 4.06. The Morgan fingerprint density at radius 3 is 2.67 bits per heavy atom. The fraction of sp³-hybridized carbons (Fsp3) is 0.158. The van der Waals surface area contributed by atoms with Gasteiger partial charge in [-0.05, 0) is 29.9 Å². The second-order valence-corrected chi connectivity index (χ2v) is 5.16. The first-order valence-corrected chi connectivity index (χ1v) is 7.24. The van der Waals surface area contributed by atoms with E-state index >= 15 is 0 Å². The van der Waals surface area contributed by atoms with Gasteiger partial charge in [0.25, 0.3) is 0 Å². The molecule has 2 heteroatoms. The molecule has 0 saturated heterocycles. The Bertz CT molecular complexity index is 744. The van der Waals surface area contributed by atoms with Crippen LogP contribution < -0.4 is 0 Å². The van der Waals surface area contributed by atoms with E-state index in [9.17, 15) is 4.79 Å². The Morgan fingerprint density at radius 1 is 0.952 bits per heavy atom. The maximum atomic E-state index is 12.4.